The molecule has 0 unspecified atom stereocenters. The van der Waals surface area contributed by atoms with Crippen LogP contribution < -0.4 is 4.74 Å². The van der Waals surface area contributed by atoms with E-state index in [1.54, 1.807) is 6.07 Å². The van der Waals surface area contributed by atoms with E-state index < -0.39 is 17.8 Å². The molecule has 1 spiro atoms. The van der Waals surface area contributed by atoms with Gasteiger partial charge in [-0.3, -0.25) is 0 Å². The molecule has 2 aromatic carbocycles. The number of halogens is 1. The van der Waals surface area contributed by atoms with Gasteiger partial charge < -0.3 is 19.8 Å². The van der Waals surface area contributed by atoms with Crippen molar-refractivity contribution in [2.45, 2.75) is 37.1 Å². The Hall–Kier alpha value is -1.95. The van der Waals surface area contributed by atoms with Crippen LogP contribution in [0.1, 0.15) is 42.6 Å². The van der Waals surface area contributed by atoms with E-state index in [4.69, 9.17) is 4.74 Å². The van der Waals surface area contributed by atoms with Crippen LogP contribution in [0.25, 0.3) is 0 Å². The van der Waals surface area contributed by atoms with Crippen LogP contribution >= 0.6 is 0 Å². The van der Waals surface area contributed by atoms with E-state index in [0.29, 0.717) is 24.3 Å². The lowest BCUT2D eigenvalue weighted by Gasteiger charge is -2.46. The Balaban J connectivity index is 1.40. The highest BCUT2D eigenvalue weighted by Gasteiger charge is 2.43. The molecule has 0 saturated carbocycles. The van der Waals surface area contributed by atoms with Gasteiger partial charge in [0.15, 0.2) is 0 Å². The Bertz CT molecular complexity index is 759. The summed E-state index contributed by atoms with van der Waals surface area (Å²) in [5, 5.41) is 20.9. The number of hydrogen-bond acceptors (Lipinski definition) is 4. The van der Waals surface area contributed by atoms with Crippen LogP contribution in [-0.4, -0.2) is 40.3 Å². The van der Waals surface area contributed by atoms with E-state index in [-0.39, 0.29) is 5.82 Å². The average Bonchev–Trinajstić information content (AvgIpc) is 2.65. The van der Waals surface area contributed by atoms with Crippen LogP contribution in [0.15, 0.2) is 48.5 Å². The predicted octanol–water partition coefficient (Wildman–Crippen LogP) is 3.21. The fraction of sp³-hybridized carbons (Fsp3) is 0.429. The minimum Gasteiger partial charge on any atom is -0.487 e. The molecule has 4 rings (SSSR count). The summed E-state index contributed by atoms with van der Waals surface area (Å²) in [7, 11) is 0. The van der Waals surface area contributed by atoms with Gasteiger partial charge in [0.05, 0.1) is 12.2 Å². The summed E-state index contributed by atoms with van der Waals surface area (Å²) >= 11 is 0. The highest BCUT2D eigenvalue weighted by Crippen LogP contribution is 2.44. The molecule has 2 aromatic rings. The molecule has 2 atom stereocenters. The van der Waals surface area contributed by atoms with E-state index >= 15 is 0 Å². The average molecular weight is 357 g/mol. The van der Waals surface area contributed by atoms with Gasteiger partial charge >= 0.3 is 0 Å². The first-order chi connectivity index (χ1) is 12.5. The lowest BCUT2D eigenvalue weighted by atomic mass is 9.81. The summed E-state index contributed by atoms with van der Waals surface area (Å²) in [4.78, 5) is 2.23. The zero-order valence-corrected chi connectivity index (χ0v) is 14.6. The van der Waals surface area contributed by atoms with E-state index in [2.05, 4.69) is 4.90 Å². The smallest absolute Gasteiger partial charge is 0.126 e. The van der Waals surface area contributed by atoms with Gasteiger partial charge in [-0.25, -0.2) is 4.39 Å². The van der Waals surface area contributed by atoms with Gasteiger partial charge in [-0.15, -0.1) is 0 Å². The molecule has 2 N–H and O–H groups in total. The van der Waals surface area contributed by atoms with Gasteiger partial charge in [0, 0.05) is 31.6 Å². The fourth-order valence-corrected chi connectivity index (χ4v) is 4.08. The maximum absolute atomic E-state index is 13.4. The standard InChI is InChI=1S/C21H24FNO3/c22-16-6-7-20-17(12-16)18(24)13-21(26-20)8-10-23(11-9-21)14-19(25)15-4-2-1-3-5-15/h1-7,12,18-19,24-25H,8-11,13-14H2/t18-,19+/m0/s1. The normalized spacial score (nSPS) is 23.3. The number of ether oxygens (including phenoxy) is 1. The van der Waals surface area contributed by atoms with Gasteiger partial charge in [-0.05, 0) is 36.6 Å². The molecular weight excluding hydrogens is 333 g/mol. The van der Waals surface area contributed by atoms with Crippen molar-refractivity contribution >= 4 is 0 Å². The minimum atomic E-state index is -0.698. The molecule has 1 saturated heterocycles. The summed E-state index contributed by atoms with van der Waals surface area (Å²) in [5.74, 6) is 0.231. The zero-order chi connectivity index (χ0) is 18.1. The van der Waals surface area contributed by atoms with Crippen LogP contribution in [0, 0.1) is 5.82 Å². The molecule has 2 aliphatic rings. The molecule has 26 heavy (non-hydrogen) atoms. The van der Waals surface area contributed by atoms with Crippen molar-refractivity contribution in [3.63, 3.8) is 0 Å². The number of piperidine rings is 1. The Morgan fingerprint density at radius 1 is 1.15 bits per heavy atom. The van der Waals surface area contributed by atoms with Crippen LogP contribution in [0.3, 0.4) is 0 Å². The summed E-state index contributed by atoms with van der Waals surface area (Å²) in [6, 6.07) is 14.0. The first kappa shape index (κ1) is 17.5. The Morgan fingerprint density at radius 2 is 1.88 bits per heavy atom. The molecule has 5 heteroatoms. The third-order valence-electron chi connectivity index (χ3n) is 5.61. The Kier molecular flexibility index (Phi) is 4.69. The van der Waals surface area contributed by atoms with Gasteiger partial charge in [0.25, 0.3) is 0 Å². The predicted molar refractivity (Wildman–Crippen MR) is 96.4 cm³/mol. The van der Waals surface area contributed by atoms with Crippen LogP contribution in [0.4, 0.5) is 4.39 Å². The molecule has 0 bridgehead atoms. The monoisotopic (exact) mass is 357 g/mol. The summed E-state index contributed by atoms with van der Waals surface area (Å²) in [5.41, 5.74) is 1.06. The molecule has 4 nitrogen and oxygen atoms in total. The van der Waals surface area contributed by atoms with Gasteiger partial charge in [-0.1, -0.05) is 30.3 Å². The second kappa shape index (κ2) is 6.99. The molecule has 1 fully saturated rings. The van der Waals surface area contributed by atoms with Gasteiger partial charge in [-0.2, -0.15) is 0 Å². The topological polar surface area (TPSA) is 52.9 Å². The lowest BCUT2D eigenvalue weighted by molar-refractivity contribution is -0.0589. The third-order valence-corrected chi connectivity index (χ3v) is 5.61. The van der Waals surface area contributed by atoms with Crippen molar-refractivity contribution in [2.24, 2.45) is 0 Å². The number of benzene rings is 2. The summed E-state index contributed by atoms with van der Waals surface area (Å²) < 4.78 is 19.6. The molecule has 138 valence electrons. The van der Waals surface area contributed by atoms with E-state index in [0.717, 1.165) is 31.5 Å². The molecule has 0 aromatic heterocycles. The van der Waals surface area contributed by atoms with Crippen LogP contribution in [0.5, 0.6) is 5.75 Å². The number of nitrogens with zero attached hydrogens (tertiary/aromatic N) is 1. The SMILES string of the molecule is O[C@H](CN1CCC2(CC1)C[C@H](O)c1cc(F)ccc1O2)c1ccccc1. The number of aliphatic hydroxyl groups is 2. The fourth-order valence-electron chi connectivity index (χ4n) is 4.08. The molecule has 0 amide bonds. The highest BCUT2D eigenvalue weighted by atomic mass is 19.1. The number of likely N-dealkylation sites (tertiary alicyclic amines) is 1. The molecule has 0 radical (unpaired) electrons. The highest BCUT2D eigenvalue weighted by molar-refractivity contribution is 5.38. The van der Waals surface area contributed by atoms with Crippen LogP contribution in [-0.2, 0) is 0 Å². The largest absolute Gasteiger partial charge is 0.487 e. The number of β-amino-alcohol motifs (C(OH)–C–C–N with tert-alkyl or cyclic N) is 1. The third kappa shape index (κ3) is 3.47. The van der Waals surface area contributed by atoms with Crippen molar-refractivity contribution < 1.29 is 19.3 Å². The lowest BCUT2D eigenvalue weighted by Crippen LogP contribution is -2.51. The number of aliphatic hydroxyl groups excluding tert-OH is 2. The molecule has 2 aliphatic heterocycles. The quantitative estimate of drug-likeness (QED) is 0.886. The van der Waals surface area contributed by atoms with Crippen molar-refractivity contribution in [3.05, 3.63) is 65.5 Å². The maximum Gasteiger partial charge on any atom is 0.126 e. The van der Waals surface area contributed by atoms with E-state index in [1.807, 2.05) is 30.3 Å². The van der Waals surface area contributed by atoms with Crippen LogP contribution in [0.2, 0.25) is 0 Å². The minimum absolute atomic E-state index is 0.355. The number of fused-ring (bicyclic) bond motifs is 1. The second-order valence-electron chi connectivity index (χ2n) is 7.41. The number of hydrogen-bond donors (Lipinski definition) is 2. The maximum atomic E-state index is 13.4. The van der Waals surface area contributed by atoms with Gasteiger partial charge in [0.1, 0.15) is 17.2 Å². The molecular formula is C21H24FNO3. The van der Waals surface area contributed by atoms with E-state index in [9.17, 15) is 14.6 Å². The summed E-state index contributed by atoms with van der Waals surface area (Å²) in [6.07, 6.45) is 0.839. The Labute approximate surface area is 152 Å². The van der Waals surface area contributed by atoms with Crippen molar-refractivity contribution in [1.29, 1.82) is 0 Å². The summed E-state index contributed by atoms with van der Waals surface area (Å²) in [6.45, 7) is 2.19. The van der Waals surface area contributed by atoms with Crippen molar-refractivity contribution in [1.82, 2.24) is 4.90 Å². The second-order valence-corrected chi connectivity index (χ2v) is 7.41. The van der Waals surface area contributed by atoms with Crippen molar-refractivity contribution in [2.75, 3.05) is 19.6 Å². The first-order valence-corrected chi connectivity index (χ1v) is 9.17. The van der Waals surface area contributed by atoms with Crippen molar-refractivity contribution in [3.8, 4) is 5.75 Å². The number of rotatable bonds is 3. The van der Waals surface area contributed by atoms with E-state index in [1.165, 1.54) is 12.1 Å². The molecule has 0 aliphatic carbocycles. The van der Waals surface area contributed by atoms with Gasteiger partial charge in [0.2, 0.25) is 0 Å². The Morgan fingerprint density at radius 3 is 2.62 bits per heavy atom. The molecule has 2 heterocycles. The first-order valence-electron chi connectivity index (χ1n) is 9.17. The zero-order valence-electron chi connectivity index (χ0n) is 14.6.